The fourth-order valence-electron chi connectivity index (χ4n) is 1.57. The number of aryl methyl sites for hydroxylation is 1. The third kappa shape index (κ3) is 4.00. The molecule has 0 saturated heterocycles. The smallest absolute Gasteiger partial charge is 0.187 e. The van der Waals surface area contributed by atoms with Gasteiger partial charge in [-0.2, -0.15) is 5.10 Å². The van der Waals surface area contributed by atoms with Crippen LogP contribution in [0.4, 0.5) is 0 Å². The molecular weight excluding hydrogens is 262 g/mol. The average molecular weight is 279 g/mol. The van der Waals surface area contributed by atoms with Crippen molar-refractivity contribution in [2.45, 2.75) is 43.8 Å². The highest BCUT2D eigenvalue weighted by Crippen LogP contribution is 2.17. The van der Waals surface area contributed by atoms with E-state index in [1.807, 2.05) is 13.8 Å². The second-order valence-corrected chi connectivity index (χ2v) is 5.08. The zero-order valence-corrected chi connectivity index (χ0v) is 11.8. The summed E-state index contributed by atoms with van der Waals surface area (Å²) in [6.07, 6.45) is 3.74. The lowest BCUT2D eigenvalue weighted by Gasteiger charge is -2.09. The van der Waals surface area contributed by atoms with E-state index in [0.29, 0.717) is 29.7 Å². The molecule has 1 unspecified atom stereocenters. The van der Waals surface area contributed by atoms with E-state index in [9.17, 15) is 5.11 Å². The molecule has 2 heterocycles. The minimum absolute atomic E-state index is 0.391. The largest absolute Gasteiger partial charge is 0.391 e. The predicted octanol–water partition coefficient (Wildman–Crippen LogP) is 1.44. The number of aliphatic hydroxyl groups excluding tert-OH is 1. The number of thioether (sulfide) groups is 1. The van der Waals surface area contributed by atoms with Gasteiger partial charge in [0.05, 0.1) is 18.4 Å². The van der Waals surface area contributed by atoms with Crippen molar-refractivity contribution < 1.29 is 5.11 Å². The summed E-state index contributed by atoms with van der Waals surface area (Å²) in [4.78, 5) is 12.7. The lowest BCUT2D eigenvalue weighted by Crippen LogP contribution is -2.17. The molecule has 0 aliphatic rings. The highest BCUT2D eigenvalue weighted by molar-refractivity contribution is 7.98. The Hall–Kier alpha value is -1.47. The minimum atomic E-state index is -0.391. The van der Waals surface area contributed by atoms with Gasteiger partial charge >= 0.3 is 0 Å². The first-order valence-corrected chi connectivity index (χ1v) is 7.15. The number of aromatic nitrogens is 5. The molecule has 19 heavy (non-hydrogen) atoms. The molecule has 0 bridgehead atoms. The maximum absolute atomic E-state index is 9.71. The molecule has 6 nitrogen and oxygen atoms in total. The van der Waals surface area contributed by atoms with Gasteiger partial charge in [-0.15, -0.1) is 0 Å². The van der Waals surface area contributed by atoms with E-state index in [0.717, 1.165) is 5.82 Å². The quantitative estimate of drug-likeness (QED) is 0.637. The van der Waals surface area contributed by atoms with E-state index in [-0.39, 0.29) is 0 Å². The van der Waals surface area contributed by atoms with Crippen molar-refractivity contribution in [3.63, 3.8) is 0 Å². The summed E-state index contributed by atoms with van der Waals surface area (Å²) in [5.74, 6) is 2.19. The van der Waals surface area contributed by atoms with Gasteiger partial charge in [-0.1, -0.05) is 18.7 Å². The number of rotatable bonds is 6. The Morgan fingerprint density at radius 3 is 2.79 bits per heavy atom. The van der Waals surface area contributed by atoms with E-state index in [4.69, 9.17) is 0 Å². The van der Waals surface area contributed by atoms with Gasteiger partial charge in [0, 0.05) is 12.4 Å². The summed E-state index contributed by atoms with van der Waals surface area (Å²) in [5.41, 5.74) is 0. The van der Waals surface area contributed by atoms with E-state index < -0.39 is 6.10 Å². The van der Waals surface area contributed by atoms with E-state index in [1.165, 1.54) is 11.8 Å². The predicted molar refractivity (Wildman–Crippen MR) is 72.6 cm³/mol. The zero-order valence-electron chi connectivity index (χ0n) is 11.0. The second kappa shape index (κ2) is 6.63. The van der Waals surface area contributed by atoms with E-state index in [2.05, 4.69) is 20.1 Å². The molecule has 0 aliphatic carbocycles. The fraction of sp³-hybridized carbons (Fsp3) is 0.500. The maximum Gasteiger partial charge on any atom is 0.187 e. The zero-order chi connectivity index (χ0) is 13.7. The SMILES string of the molecule is CCC(O)Cn1nc(C)nc1CSc1ncccn1. The lowest BCUT2D eigenvalue weighted by molar-refractivity contribution is 0.144. The molecule has 0 radical (unpaired) electrons. The van der Waals surface area contributed by atoms with Crippen molar-refractivity contribution in [3.05, 3.63) is 30.1 Å². The van der Waals surface area contributed by atoms with Gasteiger partial charge < -0.3 is 5.11 Å². The number of nitrogens with zero attached hydrogens (tertiary/aromatic N) is 5. The topological polar surface area (TPSA) is 76.7 Å². The van der Waals surface area contributed by atoms with Crippen molar-refractivity contribution in [3.8, 4) is 0 Å². The number of hydrogen-bond acceptors (Lipinski definition) is 6. The molecule has 2 aromatic heterocycles. The normalized spacial score (nSPS) is 12.6. The molecule has 2 aromatic rings. The Bertz CT molecular complexity index is 516. The minimum Gasteiger partial charge on any atom is -0.391 e. The molecule has 0 fully saturated rings. The molecule has 102 valence electrons. The standard InChI is InChI=1S/C12H17N5OS/c1-3-10(18)7-17-11(15-9(2)16-17)8-19-12-13-5-4-6-14-12/h4-6,10,18H,3,7-8H2,1-2H3. The highest BCUT2D eigenvalue weighted by atomic mass is 32.2. The number of aliphatic hydroxyl groups is 1. The lowest BCUT2D eigenvalue weighted by atomic mass is 10.3. The maximum atomic E-state index is 9.71. The summed E-state index contributed by atoms with van der Waals surface area (Å²) in [6, 6.07) is 1.79. The van der Waals surface area contributed by atoms with E-state index in [1.54, 1.807) is 23.1 Å². The van der Waals surface area contributed by atoms with Crippen LogP contribution < -0.4 is 0 Å². The van der Waals surface area contributed by atoms with Crippen LogP contribution in [0.2, 0.25) is 0 Å². The Kier molecular flexibility index (Phi) is 4.86. The molecule has 0 amide bonds. The second-order valence-electron chi connectivity index (χ2n) is 4.14. The summed E-state index contributed by atoms with van der Waals surface area (Å²) in [5, 5.41) is 14.7. The van der Waals surface area contributed by atoms with Crippen molar-refractivity contribution in [2.24, 2.45) is 0 Å². The third-order valence-corrected chi connectivity index (χ3v) is 3.45. The van der Waals surface area contributed by atoms with Gasteiger partial charge in [0.25, 0.3) is 0 Å². The first-order chi connectivity index (χ1) is 9.19. The molecule has 1 atom stereocenters. The highest BCUT2D eigenvalue weighted by Gasteiger charge is 2.11. The first-order valence-electron chi connectivity index (χ1n) is 6.17. The van der Waals surface area contributed by atoms with E-state index >= 15 is 0 Å². The van der Waals surface area contributed by atoms with Crippen LogP contribution in [0.25, 0.3) is 0 Å². The van der Waals surface area contributed by atoms with Gasteiger partial charge in [-0.25, -0.2) is 19.6 Å². The summed E-state index contributed by atoms with van der Waals surface area (Å²) >= 11 is 1.51. The molecule has 0 aliphatic heterocycles. The van der Waals surface area contributed by atoms with Crippen molar-refractivity contribution in [1.29, 1.82) is 0 Å². The molecule has 0 spiro atoms. The Balaban J connectivity index is 2.03. The van der Waals surface area contributed by atoms with Crippen LogP contribution in [0.1, 0.15) is 25.0 Å². The monoisotopic (exact) mass is 279 g/mol. The summed E-state index contributed by atoms with van der Waals surface area (Å²) in [6.45, 7) is 4.27. The molecule has 1 N–H and O–H groups in total. The van der Waals surface area contributed by atoms with Gasteiger partial charge in [-0.3, -0.25) is 0 Å². The van der Waals surface area contributed by atoms with Crippen LogP contribution in [0.3, 0.4) is 0 Å². The molecule has 7 heteroatoms. The molecular formula is C12H17N5OS. The van der Waals surface area contributed by atoms with Gasteiger partial charge in [-0.05, 0) is 19.4 Å². The van der Waals surface area contributed by atoms with Crippen LogP contribution >= 0.6 is 11.8 Å². The Morgan fingerprint density at radius 2 is 2.11 bits per heavy atom. The van der Waals surface area contributed by atoms with Crippen molar-refractivity contribution in [2.75, 3.05) is 0 Å². The van der Waals surface area contributed by atoms with Crippen molar-refractivity contribution in [1.82, 2.24) is 24.7 Å². The average Bonchev–Trinajstić information content (AvgIpc) is 2.77. The molecule has 2 rings (SSSR count). The summed E-state index contributed by atoms with van der Waals surface area (Å²) in [7, 11) is 0. The van der Waals surface area contributed by atoms with Crippen LogP contribution in [0.15, 0.2) is 23.6 Å². The first kappa shape index (κ1) is 14.0. The summed E-state index contributed by atoms with van der Waals surface area (Å²) < 4.78 is 1.76. The van der Waals surface area contributed by atoms with Gasteiger partial charge in [0.15, 0.2) is 5.16 Å². The van der Waals surface area contributed by atoms with Gasteiger partial charge in [0.1, 0.15) is 11.6 Å². The van der Waals surface area contributed by atoms with Crippen molar-refractivity contribution >= 4 is 11.8 Å². The Morgan fingerprint density at radius 1 is 1.37 bits per heavy atom. The van der Waals surface area contributed by atoms with Gasteiger partial charge in [0.2, 0.25) is 0 Å². The number of hydrogen-bond donors (Lipinski definition) is 1. The third-order valence-electron chi connectivity index (χ3n) is 2.58. The van der Waals surface area contributed by atoms with Crippen LogP contribution in [-0.2, 0) is 12.3 Å². The van der Waals surface area contributed by atoms with Crippen LogP contribution in [-0.4, -0.2) is 35.9 Å². The Labute approximate surface area is 116 Å². The van der Waals surface area contributed by atoms with Crippen LogP contribution in [0.5, 0.6) is 0 Å². The molecule has 0 aromatic carbocycles. The molecule has 0 saturated carbocycles. The van der Waals surface area contributed by atoms with Crippen LogP contribution in [0, 0.1) is 6.92 Å². The fourth-order valence-corrected chi connectivity index (χ4v) is 2.31.